The molecule has 1 heterocycles. The van der Waals surface area contributed by atoms with Crippen molar-refractivity contribution in [2.75, 3.05) is 0 Å². The van der Waals surface area contributed by atoms with Crippen LogP contribution in [0.25, 0.3) is 0 Å². The van der Waals surface area contributed by atoms with Crippen LogP contribution in [0.1, 0.15) is 26.2 Å². The van der Waals surface area contributed by atoms with Gasteiger partial charge in [-0.25, -0.2) is 9.59 Å². The summed E-state index contributed by atoms with van der Waals surface area (Å²) < 4.78 is 0. The van der Waals surface area contributed by atoms with Gasteiger partial charge in [0.1, 0.15) is 0 Å². The van der Waals surface area contributed by atoms with Crippen molar-refractivity contribution in [1.82, 2.24) is 21.3 Å². The van der Waals surface area contributed by atoms with E-state index < -0.39 is 18.4 Å². The highest BCUT2D eigenvalue weighted by Gasteiger charge is 2.29. The number of nitrogens with one attached hydrogen (secondary N) is 4. The van der Waals surface area contributed by atoms with Crippen LogP contribution in [-0.2, 0) is 0 Å². The van der Waals surface area contributed by atoms with Crippen molar-refractivity contribution in [3.05, 3.63) is 0 Å². The maximum absolute atomic E-state index is 11.1. The largest absolute Gasteiger partial charge is 0.327 e. The minimum atomic E-state index is -0.512. The zero-order valence-electron chi connectivity index (χ0n) is 9.82. The van der Waals surface area contributed by atoms with Gasteiger partial charge in [-0.05, 0) is 25.2 Å². The summed E-state index contributed by atoms with van der Waals surface area (Å²) in [5.74, 6) is 0.533. The first-order chi connectivity index (χ1) is 8.04. The van der Waals surface area contributed by atoms with Gasteiger partial charge in [0.25, 0.3) is 0 Å². The minimum Gasteiger partial charge on any atom is -0.327 e. The monoisotopic (exact) mass is 241 g/mol. The highest BCUT2D eigenvalue weighted by molar-refractivity contribution is 5.95. The molecule has 0 aromatic heterocycles. The van der Waals surface area contributed by atoms with Crippen LogP contribution in [-0.4, -0.2) is 30.4 Å². The molecule has 96 valence electrons. The number of amides is 4. The molecule has 0 aromatic rings. The number of hydrogen-bond donors (Lipinski definition) is 5. The van der Waals surface area contributed by atoms with Gasteiger partial charge < -0.3 is 16.4 Å². The van der Waals surface area contributed by atoms with Crippen LogP contribution in [0, 0.1) is 5.92 Å². The van der Waals surface area contributed by atoms with Crippen LogP contribution >= 0.6 is 0 Å². The summed E-state index contributed by atoms with van der Waals surface area (Å²) in [4.78, 5) is 22.2. The molecule has 17 heavy (non-hydrogen) atoms. The van der Waals surface area contributed by atoms with Gasteiger partial charge in [0.15, 0.2) is 6.29 Å². The number of rotatable bonds is 2. The highest BCUT2D eigenvalue weighted by atomic mass is 16.2. The van der Waals surface area contributed by atoms with Crippen molar-refractivity contribution >= 4 is 12.1 Å². The molecule has 2 rings (SSSR count). The second kappa shape index (κ2) is 4.89. The van der Waals surface area contributed by atoms with Gasteiger partial charge in [0, 0.05) is 12.1 Å². The predicted molar refractivity (Wildman–Crippen MR) is 61.9 cm³/mol. The number of hydrogen-bond acceptors (Lipinski definition) is 4. The van der Waals surface area contributed by atoms with Crippen molar-refractivity contribution < 1.29 is 9.59 Å². The summed E-state index contributed by atoms with van der Waals surface area (Å²) in [7, 11) is 0. The topological polar surface area (TPSA) is 108 Å². The van der Waals surface area contributed by atoms with Crippen molar-refractivity contribution in [1.29, 1.82) is 0 Å². The lowest BCUT2D eigenvalue weighted by Gasteiger charge is -2.36. The van der Waals surface area contributed by atoms with E-state index in [1.54, 1.807) is 0 Å². The molecule has 1 aliphatic heterocycles. The highest BCUT2D eigenvalue weighted by Crippen LogP contribution is 2.22. The number of carbonyl (C=O) groups excluding carboxylic acids is 2. The Morgan fingerprint density at radius 2 is 1.88 bits per heavy atom. The van der Waals surface area contributed by atoms with Crippen molar-refractivity contribution in [3.63, 3.8) is 0 Å². The molecule has 2 fully saturated rings. The van der Waals surface area contributed by atoms with Crippen LogP contribution in [0.15, 0.2) is 0 Å². The third-order valence-electron chi connectivity index (χ3n) is 3.44. The van der Waals surface area contributed by atoms with E-state index >= 15 is 0 Å². The Morgan fingerprint density at radius 3 is 2.47 bits per heavy atom. The van der Waals surface area contributed by atoms with E-state index in [0.717, 1.165) is 19.3 Å². The second-order valence-corrected chi connectivity index (χ2v) is 4.82. The number of carbonyl (C=O) groups is 2. The third-order valence-corrected chi connectivity index (χ3v) is 3.44. The van der Waals surface area contributed by atoms with Crippen LogP contribution in [0.2, 0.25) is 0 Å². The summed E-state index contributed by atoms with van der Waals surface area (Å²) in [5.41, 5.74) is 6.00. The SMILES string of the molecule is C[C@@H]1CC[C@H](NC2NC(=O)NC(=O)N2)C[C@@H]1N. The lowest BCUT2D eigenvalue weighted by Crippen LogP contribution is -2.68. The maximum atomic E-state index is 11.1. The molecule has 3 atom stereocenters. The molecule has 7 nitrogen and oxygen atoms in total. The van der Waals surface area contributed by atoms with Gasteiger partial charge >= 0.3 is 12.1 Å². The minimum absolute atomic E-state index is 0.175. The first-order valence-corrected chi connectivity index (χ1v) is 5.94. The van der Waals surface area contributed by atoms with Gasteiger partial charge in [-0.15, -0.1) is 0 Å². The molecule has 2 aliphatic rings. The molecule has 7 heteroatoms. The third kappa shape index (κ3) is 3.07. The molecule has 1 saturated carbocycles. The first-order valence-electron chi connectivity index (χ1n) is 5.94. The zero-order valence-corrected chi connectivity index (χ0v) is 9.82. The fourth-order valence-corrected chi connectivity index (χ4v) is 2.30. The van der Waals surface area contributed by atoms with E-state index in [1.807, 2.05) is 0 Å². The Balaban J connectivity index is 1.84. The van der Waals surface area contributed by atoms with E-state index in [-0.39, 0.29) is 12.1 Å². The average molecular weight is 241 g/mol. The van der Waals surface area contributed by atoms with Gasteiger partial charge in [-0.1, -0.05) is 6.92 Å². The maximum Gasteiger partial charge on any atom is 0.325 e. The Morgan fingerprint density at radius 1 is 1.24 bits per heavy atom. The fraction of sp³-hybridized carbons (Fsp3) is 0.800. The normalized spacial score (nSPS) is 34.8. The standard InChI is InChI=1S/C10H19N5O2/c1-5-2-3-6(4-7(5)11)12-8-13-9(16)15-10(17)14-8/h5-8,12H,2-4,11H2,1H3,(H3,13,14,15,16,17)/t5-,6+,7+/m1/s1. The molecule has 6 N–H and O–H groups in total. The Bertz CT molecular complexity index is 306. The number of urea groups is 2. The molecule has 0 radical (unpaired) electrons. The van der Waals surface area contributed by atoms with Crippen molar-refractivity contribution in [2.45, 2.75) is 44.6 Å². The lowest BCUT2D eigenvalue weighted by molar-refractivity contribution is 0.189. The summed E-state index contributed by atoms with van der Waals surface area (Å²) in [6.45, 7) is 2.15. The first kappa shape index (κ1) is 12.1. The molecule has 4 amide bonds. The van der Waals surface area contributed by atoms with Crippen molar-refractivity contribution in [3.8, 4) is 0 Å². The van der Waals surface area contributed by atoms with Crippen LogP contribution in [0.3, 0.4) is 0 Å². The lowest BCUT2D eigenvalue weighted by atomic mass is 9.83. The zero-order chi connectivity index (χ0) is 12.4. The molecule has 0 bridgehead atoms. The number of nitrogens with two attached hydrogens (primary N) is 1. The Hall–Kier alpha value is -1.34. The van der Waals surface area contributed by atoms with Crippen LogP contribution in [0.4, 0.5) is 9.59 Å². The second-order valence-electron chi connectivity index (χ2n) is 4.82. The van der Waals surface area contributed by atoms with Gasteiger partial charge in [0.2, 0.25) is 0 Å². The van der Waals surface area contributed by atoms with Crippen LogP contribution in [0.5, 0.6) is 0 Å². The van der Waals surface area contributed by atoms with Crippen LogP contribution < -0.4 is 27.0 Å². The Labute approximate surface area is 99.9 Å². The molecule has 0 aromatic carbocycles. The Kier molecular flexibility index (Phi) is 3.49. The van der Waals surface area contributed by atoms with E-state index in [9.17, 15) is 9.59 Å². The fourth-order valence-electron chi connectivity index (χ4n) is 2.30. The smallest absolute Gasteiger partial charge is 0.325 e. The van der Waals surface area contributed by atoms with E-state index in [2.05, 4.69) is 28.2 Å². The molecule has 0 unspecified atom stereocenters. The van der Waals surface area contributed by atoms with E-state index in [4.69, 9.17) is 5.73 Å². The molecule has 0 spiro atoms. The summed E-state index contributed by atoms with van der Waals surface area (Å²) in [6.07, 6.45) is 2.41. The number of imide groups is 1. The van der Waals surface area contributed by atoms with Gasteiger partial charge in [-0.3, -0.25) is 10.6 Å². The summed E-state index contributed by atoms with van der Waals surface area (Å²) in [6, 6.07) is -0.571. The van der Waals surface area contributed by atoms with Gasteiger partial charge in [-0.2, -0.15) is 0 Å². The summed E-state index contributed by atoms with van der Waals surface area (Å²) in [5, 5.41) is 10.5. The van der Waals surface area contributed by atoms with E-state index in [0.29, 0.717) is 5.92 Å². The van der Waals surface area contributed by atoms with Crippen molar-refractivity contribution in [2.24, 2.45) is 11.7 Å². The van der Waals surface area contributed by atoms with E-state index in [1.165, 1.54) is 0 Å². The molecule has 1 aliphatic carbocycles. The quantitative estimate of drug-likeness (QED) is 0.445. The summed E-state index contributed by atoms with van der Waals surface area (Å²) >= 11 is 0. The molecule has 1 saturated heterocycles. The molecular weight excluding hydrogens is 222 g/mol. The average Bonchev–Trinajstić information content (AvgIpc) is 2.22. The van der Waals surface area contributed by atoms with Gasteiger partial charge in [0.05, 0.1) is 0 Å². The molecular formula is C10H19N5O2. The predicted octanol–water partition coefficient (Wildman–Crippen LogP) is -0.602.